The van der Waals surface area contributed by atoms with Crippen LogP contribution >= 0.6 is 0 Å². The van der Waals surface area contributed by atoms with Gasteiger partial charge in [0, 0.05) is 6.61 Å². The third-order valence-electron chi connectivity index (χ3n) is 3.76. The number of rotatable bonds is 6. The van der Waals surface area contributed by atoms with Crippen LogP contribution in [0.15, 0.2) is 18.2 Å². The molecule has 2 atom stereocenters. The molecule has 1 aromatic rings. The molecule has 0 spiro atoms. The molecule has 0 radical (unpaired) electrons. The van der Waals surface area contributed by atoms with E-state index in [1.165, 1.54) is 0 Å². The number of carbonyl (C=O) groups is 1. The predicted octanol–water partition coefficient (Wildman–Crippen LogP) is 2.86. The maximum atomic E-state index is 12.4. The first-order chi connectivity index (χ1) is 10.5. The van der Waals surface area contributed by atoms with Crippen molar-refractivity contribution in [2.45, 2.75) is 45.8 Å². The first kappa shape index (κ1) is 16.8. The van der Waals surface area contributed by atoms with E-state index in [9.17, 15) is 9.90 Å². The number of ether oxygens (including phenoxy) is 2. The largest absolute Gasteiger partial charge is 0.506 e. The molecular formula is C17H25NO4. The van der Waals surface area contributed by atoms with E-state index in [-0.39, 0.29) is 23.7 Å². The SMILES string of the molecule is Cc1ccc(NC(=O)[C@@H](OC[C@H]2CCCO2)C(C)C)c(O)c1. The van der Waals surface area contributed by atoms with Crippen LogP contribution in [0, 0.1) is 12.8 Å². The minimum absolute atomic E-state index is 0.0361. The quantitative estimate of drug-likeness (QED) is 0.793. The summed E-state index contributed by atoms with van der Waals surface area (Å²) in [6.45, 7) is 6.95. The highest BCUT2D eigenvalue weighted by Gasteiger charge is 2.26. The van der Waals surface area contributed by atoms with Gasteiger partial charge in [-0.1, -0.05) is 19.9 Å². The third-order valence-corrected chi connectivity index (χ3v) is 3.76. The Bertz CT molecular complexity index is 509. The molecule has 0 bridgehead atoms. The zero-order valence-corrected chi connectivity index (χ0v) is 13.5. The van der Waals surface area contributed by atoms with Crippen LogP contribution < -0.4 is 5.32 Å². The number of aromatic hydroxyl groups is 1. The van der Waals surface area contributed by atoms with Gasteiger partial charge in [-0.15, -0.1) is 0 Å². The minimum Gasteiger partial charge on any atom is -0.506 e. The van der Waals surface area contributed by atoms with Crippen LogP contribution in [0.1, 0.15) is 32.3 Å². The average molecular weight is 307 g/mol. The molecule has 22 heavy (non-hydrogen) atoms. The maximum Gasteiger partial charge on any atom is 0.253 e. The number of anilines is 1. The molecule has 2 rings (SSSR count). The van der Waals surface area contributed by atoms with Crippen molar-refractivity contribution in [2.75, 3.05) is 18.5 Å². The zero-order chi connectivity index (χ0) is 16.1. The molecule has 0 unspecified atom stereocenters. The fraction of sp³-hybridized carbons (Fsp3) is 0.588. The monoisotopic (exact) mass is 307 g/mol. The Labute approximate surface area is 131 Å². The molecule has 1 saturated heterocycles. The first-order valence-electron chi connectivity index (χ1n) is 7.81. The lowest BCUT2D eigenvalue weighted by Crippen LogP contribution is -2.36. The second-order valence-corrected chi connectivity index (χ2v) is 6.14. The zero-order valence-electron chi connectivity index (χ0n) is 13.5. The molecule has 1 heterocycles. The van der Waals surface area contributed by atoms with Gasteiger partial charge < -0.3 is 19.9 Å². The normalized spacial score (nSPS) is 19.4. The maximum absolute atomic E-state index is 12.4. The highest BCUT2D eigenvalue weighted by molar-refractivity contribution is 5.95. The van der Waals surface area contributed by atoms with Crippen molar-refractivity contribution in [1.82, 2.24) is 0 Å². The Morgan fingerprint density at radius 1 is 1.50 bits per heavy atom. The molecule has 2 N–H and O–H groups in total. The van der Waals surface area contributed by atoms with Gasteiger partial charge in [-0.05, 0) is 43.4 Å². The molecule has 122 valence electrons. The first-order valence-corrected chi connectivity index (χ1v) is 7.81. The number of benzene rings is 1. The minimum atomic E-state index is -0.565. The Morgan fingerprint density at radius 3 is 2.86 bits per heavy atom. The average Bonchev–Trinajstić information content (AvgIpc) is 2.95. The Kier molecular flexibility index (Phi) is 5.80. The van der Waals surface area contributed by atoms with E-state index in [1.807, 2.05) is 26.8 Å². The Morgan fingerprint density at radius 2 is 2.27 bits per heavy atom. The number of hydrogen-bond acceptors (Lipinski definition) is 4. The topological polar surface area (TPSA) is 67.8 Å². The number of carbonyl (C=O) groups excluding carboxylic acids is 1. The highest BCUT2D eigenvalue weighted by atomic mass is 16.5. The second-order valence-electron chi connectivity index (χ2n) is 6.14. The molecule has 0 aliphatic carbocycles. The van der Waals surface area contributed by atoms with Crippen LogP contribution in [0.3, 0.4) is 0 Å². The Balaban J connectivity index is 1.96. The summed E-state index contributed by atoms with van der Waals surface area (Å²) in [5, 5.41) is 12.6. The van der Waals surface area contributed by atoms with Gasteiger partial charge in [-0.2, -0.15) is 0 Å². The molecule has 1 amide bonds. The van der Waals surface area contributed by atoms with Gasteiger partial charge in [0.05, 0.1) is 18.4 Å². The second kappa shape index (κ2) is 7.61. The van der Waals surface area contributed by atoms with Crippen molar-refractivity contribution in [2.24, 2.45) is 5.92 Å². The number of amides is 1. The number of aryl methyl sites for hydroxylation is 1. The van der Waals surface area contributed by atoms with E-state index < -0.39 is 6.10 Å². The van der Waals surface area contributed by atoms with Crippen molar-refractivity contribution in [1.29, 1.82) is 0 Å². The van der Waals surface area contributed by atoms with Gasteiger partial charge in [-0.25, -0.2) is 0 Å². The van der Waals surface area contributed by atoms with Crippen LogP contribution in [0.25, 0.3) is 0 Å². The van der Waals surface area contributed by atoms with Crippen LogP contribution in [-0.4, -0.2) is 36.4 Å². The predicted molar refractivity (Wildman–Crippen MR) is 85.0 cm³/mol. The highest BCUT2D eigenvalue weighted by Crippen LogP contribution is 2.25. The summed E-state index contributed by atoms with van der Waals surface area (Å²) in [5.41, 5.74) is 1.34. The molecule has 0 saturated carbocycles. The van der Waals surface area contributed by atoms with Crippen LogP contribution in [0.2, 0.25) is 0 Å². The van der Waals surface area contributed by atoms with Gasteiger partial charge in [0.15, 0.2) is 0 Å². The van der Waals surface area contributed by atoms with Crippen molar-refractivity contribution in [3.63, 3.8) is 0 Å². The van der Waals surface area contributed by atoms with E-state index in [2.05, 4.69) is 5.32 Å². The summed E-state index contributed by atoms with van der Waals surface area (Å²) < 4.78 is 11.3. The summed E-state index contributed by atoms with van der Waals surface area (Å²) in [7, 11) is 0. The lowest BCUT2D eigenvalue weighted by atomic mass is 10.1. The Hall–Kier alpha value is -1.59. The smallest absolute Gasteiger partial charge is 0.253 e. The molecule has 5 heteroatoms. The lowest BCUT2D eigenvalue weighted by molar-refractivity contribution is -0.132. The van der Waals surface area contributed by atoms with Gasteiger partial charge in [0.1, 0.15) is 11.9 Å². The van der Waals surface area contributed by atoms with Crippen LogP contribution in [-0.2, 0) is 14.3 Å². The van der Waals surface area contributed by atoms with Gasteiger partial charge >= 0.3 is 0 Å². The summed E-state index contributed by atoms with van der Waals surface area (Å²) in [6.07, 6.45) is 1.54. The van der Waals surface area contributed by atoms with Crippen molar-refractivity contribution < 1.29 is 19.4 Å². The van der Waals surface area contributed by atoms with Crippen LogP contribution in [0.5, 0.6) is 5.75 Å². The van der Waals surface area contributed by atoms with Gasteiger partial charge in [-0.3, -0.25) is 4.79 Å². The molecular weight excluding hydrogens is 282 g/mol. The summed E-state index contributed by atoms with van der Waals surface area (Å²) in [6, 6.07) is 5.15. The van der Waals surface area contributed by atoms with E-state index in [1.54, 1.807) is 12.1 Å². The van der Waals surface area contributed by atoms with E-state index >= 15 is 0 Å². The van der Waals surface area contributed by atoms with E-state index in [0.717, 1.165) is 25.0 Å². The number of phenols is 1. The van der Waals surface area contributed by atoms with E-state index in [4.69, 9.17) is 9.47 Å². The number of phenolic OH excluding ortho intramolecular Hbond substituents is 1. The lowest BCUT2D eigenvalue weighted by Gasteiger charge is -2.22. The van der Waals surface area contributed by atoms with Gasteiger partial charge in [0.25, 0.3) is 5.91 Å². The number of hydrogen-bond donors (Lipinski definition) is 2. The van der Waals surface area contributed by atoms with Crippen molar-refractivity contribution >= 4 is 11.6 Å². The molecule has 1 aliphatic rings. The number of nitrogens with one attached hydrogen (secondary N) is 1. The fourth-order valence-electron chi connectivity index (χ4n) is 2.51. The molecule has 1 aromatic carbocycles. The van der Waals surface area contributed by atoms with E-state index in [0.29, 0.717) is 12.3 Å². The molecule has 0 aromatic heterocycles. The van der Waals surface area contributed by atoms with Crippen LogP contribution in [0.4, 0.5) is 5.69 Å². The molecule has 1 aliphatic heterocycles. The van der Waals surface area contributed by atoms with Crippen molar-refractivity contribution in [3.8, 4) is 5.75 Å². The standard InChI is InChI=1S/C17H25NO4/c1-11(2)16(22-10-13-5-4-8-21-13)17(20)18-14-7-6-12(3)9-15(14)19/h6-7,9,11,13,16,19H,4-5,8,10H2,1-3H3,(H,18,20)/t13-,16+/m1/s1. The fourth-order valence-corrected chi connectivity index (χ4v) is 2.51. The third kappa shape index (κ3) is 4.45. The van der Waals surface area contributed by atoms with Gasteiger partial charge in [0.2, 0.25) is 0 Å². The molecule has 1 fully saturated rings. The molecule has 5 nitrogen and oxygen atoms in total. The summed E-state index contributed by atoms with van der Waals surface area (Å²) >= 11 is 0. The summed E-state index contributed by atoms with van der Waals surface area (Å²) in [5.74, 6) is -0.142. The van der Waals surface area contributed by atoms with Crippen molar-refractivity contribution in [3.05, 3.63) is 23.8 Å². The summed E-state index contributed by atoms with van der Waals surface area (Å²) in [4.78, 5) is 12.4.